The molecule has 0 atom stereocenters. The molecule has 0 aliphatic heterocycles. The minimum absolute atomic E-state index is 0.0899. The highest BCUT2D eigenvalue weighted by Gasteiger charge is 2.51. The van der Waals surface area contributed by atoms with Crippen LogP contribution in [0.25, 0.3) is 22.5 Å². The average Bonchev–Trinajstić information content (AvgIpc) is 3.63. The molecule has 5 rings (SSSR count). The topological polar surface area (TPSA) is 92.4 Å². The van der Waals surface area contributed by atoms with Crippen molar-refractivity contribution in [1.29, 1.82) is 0 Å². The van der Waals surface area contributed by atoms with Crippen molar-refractivity contribution in [2.24, 2.45) is 0 Å². The maximum absolute atomic E-state index is 12.6. The van der Waals surface area contributed by atoms with E-state index in [0.29, 0.717) is 42.8 Å². The number of aryl methyl sites for hydroxylation is 2. The van der Waals surface area contributed by atoms with Crippen molar-refractivity contribution in [1.82, 2.24) is 5.16 Å². The molecule has 6 heteroatoms. The fourth-order valence-electron chi connectivity index (χ4n) is 4.37. The lowest BCUT2D eigenvalue weighted by atomic mass is 9.93. The van der Waals surface area contributed by atoms with Crippen LogP contribution < -0.4 is 5.32 Å². The molecule has 176 valence electrons. The zero-order chi connectivity index (χ0) is 24.4. The van der Waals surface area contributed by atoms with Gasteiger partial charge in [-0.3, -0.25) is 9.59 Å². The molecule has 1 saturated carbocycles. The highest BCUT2D eigenvalue weighted by Crippen LogP contribution is 2.48. The lowest BCUT2D eigenvalue weighted by Gasteiger charge is -2.11. The van der Waals surface area contributed by atoms with Gasteiger partial charge in [0.25, 0.3) is 0 Å². The summed E-state index contributed by atoms with van der Waals surface area (Å²) < 4.78 is 5.55. The molecule has 0 bridgehead atoms. The first-order valence-corrected chi connectivity index (χ1v) is 11.7. The van der Waals surface area contributed by atoms with Gasteiger partial charge in [-0.2, -0.15) is 0 Å². The number of carbonyl (C=O) groups is 2. The molecule has 1 fully saturated rings. The zero-order valence-corrected chi connectivity index (χ0v) is 19.5. The summed E-state index contributed by atoms with van der Waals surface area (Å²) in [4.78, 5) is 24.2. The number of anilines is 1. The van der Waals surface area contributed by atoms with E-state index in [9.17, 15) is 14.7 Å². The Balaban J connectivity index is 1.29. The Labute approximate surface area is 203 Å². The third-order valence-corrected chi connectivity index (χ3v) is 6.69. The van der Waals surface area contributed by atoms with Gasteiger partial charge in [-0.1, -0.05) is 84.0 Å². The van der Waals surface area contributed by atoms with Crippen molar-refractivity contribution >= 4 is 17.6 Å². The van der Waals surface area contributed by atoms with E-state index in [1.54, 1.807) is 6.92 Å². The summed E-state index contributed by atoms with van der Waals surface area (Å²) in [5, 5.41) is 16.5. The standard InChI is InChI=1S/C29H26N2O4/c1-19-26(30-25(32)16-7-20-5-3-2-4-6-20)27(35-31-19)23-10-8-21(9-11-23)22-12-14-24(15-13-22)29(17-18-29)28(33)34/h2-6,8-15H,7,16-18H2,1H3,(H,30,32)(H,33,34). The van der Waals surface area contributed by atoms with Crippen molar-refractivity contribution in [2.75, 3.05) is 5.32 Å². The van der Waals surface area contributed by atoms with Crippen LogP contribution in [0.5, 0.6) is 0 Å². The van der Waals surface area contributed by atoms with Gasteiger partial charge < -0.3 is 14.9 Å². The van der Waals surface area contributed by atoms with Gasteiger partial charge in [0, 0.05) is 12.0 Å². The molecule has 1 aliphatic rings. The van der Waals surface area contributed by atoms with Crippen LogP contribution >= 0.6 is 0 Å². The summed E-state index contributed by atoms with van der Waals surface area (Å²) in [5.74, 6) is -0.317. The van der Waals surface area contributed by atoms with Crippen LogP contribution in [0.15, 0.2) is 83.4 Å². The van der Waals surface area contributed by atoms with Crippen molar-refractivity contribution in [3.05, 3.63) is 95.7 Å². The van der Waals surface area contributed by atoms with Crippen molar-refractivity contribution < 1.29 is 19.2 Å². The highest BCUT2D eigenvalue weighted by molar-refractivity contribution is 5.95. The number of carbonyl (C=O) groups excluding carboxylic acids is 1. The van der Waals surface area contributed by atoms with E-state index in [1.807, 2.05) is 78.9 Å². The minimum atomic E-state index is -0.750. The summed E-state index contributed by atoms with van der Waals surface area (Å²) in [5.41, 5.74) is 5.30. The Morgan fingerprint density at radius 2 is 1.51 bits per heavy atom. The van der Waals surface area contributed by atoms with E-state index in [1.165, 1.54) is 0 Å². The summed E-state index contributed by atoms with van der Waals surface area (Å²) in [6.07, 6.45) is 2.41. The first-order chi connectivity index (χ1) is 17.0. The largest absolute Gasteiger partial charge is 0.481 e. The number of rotatable bonds is 8. The Kier molecular flexibility index (Phi) is 5.95. The molecule has 0 spiro atoms. The molecule has 1 heterocycles. The highest BCUT2D eigenvalue weighted by atomic mass is 16.5. The zero-order valence-electron chi connectivity index (χ0n) is 19.5. The van der Waals surface area contributed by atoms with Gasteiger partial charge >= 0.3 is 5.97 Å². The van der Waals surface area contributed by atoms with Gasteiger partial charge in [-0.25, -0.2) is 0 Å². The number of carboxylic acid groups (broad SMARTS) is 1. The van der Waals surface area contributed by atoms with Gasteiger partial charge in [0.2, 0.25) is 5.91 Å². The third-order valence-electron chi connectivity index (χ3n) is 6.69. The van der Waals surface area contributed by atoms with Gasteiger partial charge in [0.15, 0.2) is 5.76 Å². The Hall–Kier alpha value is -4.19. The molecule has 1 aliphatic carbocycles. The summed E-state index contributed by atoms with van der Waals surface area (Å²) in [6.45, 7) is 1.81. The number of aromatic nitrogens is 1. The van der Waals surface area contributed by atoms with Crippen LogP contribution in [0, 0.1) is 6.92 Å². The lowest BCUT2D eigenvalue weighted by molar-refractivity contribution is -0.140. The van der Waals surface area contributed by atoms with Crippen molar-refractivity contribution in [3.63, 3.8) is 0 Å². The Bertz CT molecular complexity index is 1350. The quantitative estimate of drug-likeness (QED) is 0.332. The molecule has 0 radical (unpaired) electrons. The molecule has 0 unspecified atom stereocenters. The number of benzene rings is 3. The Morgan fingerprint density at radius 3 is 2.11 bits per heavy atom. The van der Waals surface area contributed by atoms with Crippen LogP contribution in [0.1, 0.15) is 36.1 Å². The maximum atomic E-state index is 12.6. The van der Waals surface area contributed by atoms with Crippen molar-refractivity contribution in [3.8, 4) is 22.5 Å². The van der Waals surface area contributed by atoms with E-state index in [0.717, 1.165) is 27.8 Å². The molecule has 4 aromatic rings. The second-order valence-electron chi connectivity index (χ2n) is 9.05. The lowest BCUT2D eigenvalue weighted by Crippen LogP contribution is -2.19. The van der Waals surface area contributed by atoms with E-state index < -0.39 is 11.4 Å². The van der Waals surface area contributed by atoms with E-state index >= 15 is 0 Å². The third kappa shape index (κ3) is 4.60. The van der Waals surface area contributed by atoms with Gasteiger partial charge in [0.1, 0.15) is 11.4 Å². The second kappa shape index (κ2) is 9.22. The monoisotopic (exact) mass is 466 g/mol. The second-order valence-corrected chi connectivity index (χ2v) is 9.05. The molecule has 3 aromatic carbocycles. The maximum Gasteiger partial charge on any atom is 0.314 e. The van der Waals surface area contributed by atoms with Crippen molar-refractivity contribution in [2.45, 2.75) is 38.0 Å². The van der Waals surface area contributed by atoms with Crippen LogP contribution in [0.3, 0.4) is 0 Å². The fraction of sp³-hybridized carbons (Fsp3) is 0.207. The van der Waals surface area contributed by atoms with Gasteiger partial charge in [0.05, 0.1) is 5.41 Å². The average molecular weight is 467 g/mol. The number of nitrogens with zero attached hydrogens (tertiary/aromatic N) is 1. The summed E-state index contributed by atoms with van der Waals surface area (Å²) >= 11 is 0. The fourth-order valence-corrected chi connectivity index (χ4v) is 4.37. The smallest absolute Gasteiger partial charge is 0.314 e. The number of aliphatic carboxylic acids is 1. The molecule has 0 saturated heterocycles. The predicted octanol–water partition coefficient (Wildman–Crippen LogP) is 6.00. The van der Waals surface area contributed by atoms with Crippen LogP contribution in [-0.4, -0.2) is 22.1 Å². The normalized spacial score (nSPS) is 13.9. The molecule has 1 amide bonds. The minimum Gasteiger partial charge on any atom is -0.481 e. The number of hydrogen-bond donors (Lipinski definition) is 2. The molecule has 35 heavy (non-hydrogen) atoms. The van der Waals surface area contributed by atoms with E-state index in [2.05, 4.69) is 10.5 Å². The van der Waals surface area contributed by atoms with E-state index in [-0.39, 0.29) is 5.91 Å². The predicted molar refractivity (Wildman–Crippen MR) is 134 cm³/mol. The van der Waals surface area contributed by atoms with Crippen LogP contribution in [0.4, 0.5) is 5.69 Å². The number of nitrogens with one attached hydrogen (secondary N) is 1. The first-order valence-electron chi connectivity index (χ1n) is 11.7. The van der Waals surface area contributed by atoms with Gasteiger partial charge in [-0.05, 0) is 48.4 Å². The number of carboxylic acids is 1. The molecular weight excluding hydrogens is 440 g/mol. The molecule has 2 N–H and O–H groups in total. The first kappa shape index (κ1) is 22.6. The van der Waals surface area contributed by atoms with Crippen LogP contribution in [0.2, 0.25) is 0 Å². The Morgan fingerprint density at radius 1 is 0.914 bits per heavy atom. The van der Waals surface area contributed by atoms with Gasteiger partial charge in [-0.15, -0.1) is 0 Å². The molecule has 1 aromatic heterocycles. The SMILES string of the molecule is Cc1noc(-c2ccc(-c3ccc(C4(C(=O)O)CC4)cc3)cc2)c1NC(=O)CCc1ccccc1. The molecule has 6 nitrogen and oxygen atoms in total. The summed E-state index contributed by atoms with van der Waals surface area (Å²) in [7, 11) is 0. The number of hydrogen-bond acceptors (Lipinski definition) is 4. The summed E-state index contributed by atoms with van der Waals surface area (Å²) in [6, 6.07) is 25.5. The molecular formula is C29H26N2O4. The van der Waals surface area contributed by atoms with Crippen LogP contribution in [-0.2, 0) is 21.4 Å². The number of amides is 1. The van der Waals surface area contributed by atoms with E-state index in [4.69, 9.17) is 4.52 Å².